The normalized spacial score (nSPS) is 30.4. The van der Waals surface area contributed by atoms with Crippen LogP contribution in [0.5, 0.6) is 0 Å². The van der Waals surface area contributed by atoms with Gasteiger partial charge in [0.1, 0.15) is 0 Å². The summed E-state index contributed by atoms with van der Waals surface area (Å²) in [6.07, 6.45) is 20.4. The van der Waals surface area contributed by atoms with E-state index >= 15 is 0 Å². The third-order valence-electron chi connectivity index (χ3n) is 9.79. The van der Waals surface area contributed by atoms with Crippen LogP contribution in [0.3, 0.4) is 0 Å². The SMILES string of the molecule is CCCCCC1C=CC(CCCCCC(C(=O)O)C(O)CC(CNC)C2(O)CCC(CC3=CCN=C3)C2)C(O)C1. The van der Waals surface area contributed by atoms with Crippen LogP contribution in [0.2, 0.25) is 0 Å². The first-order valence-corrected chi connectivity index (χ1v) is 16.1. The number of carboxylic acid groups (broad SMARTS) is 1. The minimum atomic E-state index is -0.989. The molecule has 8 atom stereocenters. The number of aliphatic hydroxyl groups excluding tert-OH is 2. The second-order valence-corrected chi connectivity index (χ2v) is 12.9. The van der Waals surface area contributed by atoms with Gasteiger partial charge >= 0.3 is 5.97 Å². The van der Waals surface area contributed by atoms with Crippen LogP contribution in [0.1, 0.15) is 103 Å². The molecule has 5 N–H and O–H groups in total. The highest BCUT2D eigenvalue weighted by Gasteiger charge is 2.45. The van der Waals surface area contributed by atoms with Crippen molar-refractivity contribution in [2.75, 3.05) is 20.1 Å². The molecular formula is C33H56N2O5. The molecule has 0 spiro atoms. The number of nitrogens with zero attached hydrogens (tertiary/aromatic N) is 1. The van der Waals surface area contributed by atoms with Crippen molar-refractivity contribution in [3.8, 4) is 0 Å². The summed E-state index contributed by atoms with van der Waals surface area (Å²) in [5.41, 5.74) is 0.350. The monoisotopic (exact) mass is 560 g/mol. The molecule has 0 bridgehead atoms. The fourth-order valence-corrected chi connectivity index (χ4v) is 7.31. The molecule has 7 heteroatoms. The smallest absolute Gasteiger partial charge is 0.309 e. The van der Waals surface area contributed by atoms with Gasteiger partial charge in [0.2, 0.25) is 0 Å². The first-order chi connectivity index (χ1) is 19.3. The lowest BCUT2D eigenvalue weighted by Gasteiger charge is -2.35. The van der Waals surface area contributed by atoms with E-state index in [-0.39, 0.29) is 24.4 Å². The maximum atomic E-state index is 12.1. The van der Waals surface area contributed by atoms with Gasteiger partial charge in [-0.1, -0.05) is 63.7 Å². The van der Waals surface area contributed by atoms with Crippen LogP contribution >= 0.6 is 0 Å². The Balaban J connectivity index is 1.42. The first kappa shape index (κ1) is 33.0. The van der Waals surface area contributed by atoms with Gasteiger partial charge in [-0.05, 0) is 82.2 Å². The second kappa shape index (κ2) is 16.8. The number of unbranched alkanes of at least 4 members (excludes halogenated alkanes) is 4. The van der Waals surface area contributed by atoms with Crippen molar-refractivity contribution in [1.82, 2.24) is 5.32 Å². The van der Waals surface area contributed by atoms with Gasteiger partial charge in [-0.3, -0.25) is 9.79 Å². The van der Waals surface area contributed by atoms with E-state index in [0.29, 0.717) is 37.6 Å². The van der Waals surface area contributed by atoms with E-state index in [0.717, 1.165) is 57.9 Å². The topological polar surface area (TPSA) is 122 Å². The second-order valence-electron chi connectivity index (χ2n) is 12.9. The van der Waals surface area contributed by atoms with Gasteiger partial charge in [-0.25, -0.2) is 0 Å². The fourth-order valence-electron chi connectivity index (χ4n) is 7.31. The lowest BCUT2D eigenvalue weighted by Crippen LogP contribution is -2.44. The van der Waals surface area contributed by atoms with E-state index < -0.39 is 23.6 Å². The zero-order chi connectivity index (χ0) is 29.0. The zero-order valence-corrected chi connectivity index (χ0v) is 25.0. The standard InChI is InChI=1S/C33H56N2O5/c1-3-4-6-9-24-12-13-27(30(36)19-24)10-7-5-8-11-29(32(38)39)31(37)20-28(23-34-2)33(40)16-14-25(21-33)18-26-15-17-35-22-26/h12-13,15,22,24-25,27-31,34,36-37,40H,3-11,14,16-21,23H2,1-2H3,(H,38,39). The van der Waals surface area contributed by atoms with Crippen LogP contribution in [0.15, 0.2) is 28.8 Å². The molecule has 1 aliphatic heterocycles. The van der Waals surface area contributed by atoms with Crippen molar-refractivity contribution in [2.24, 2.45) is 34.6 Å². The Bertz CT molecular complexity index is 858. The fraction of sp³-hybridized carbons (Fsp3) is 0.818. The van der Waals surface area contributed by atoms with Crippen LogP contribution in [-0.2, 0) is 4.79 Å². The number of hydrogen-bond acceptors (Lipinski definition) is 6. The molecule has 8 unspecified atom stereocenters. The quantitative estimate of drug-likeness (QED) is 0.108. The molecule has 3 rings (SSSR count). The predicted octanol–water partition coefficient (Wildman–Crippen LogP) is 5.29. The molecule has 3 aliphatic rings. The van der Waals surface area contributed by atoms with E-state index in [1.807, 2.05) is 13.3 Å². The van der Waals surface area contributed by atoms with Gasteiger partial charge < -0.3 is 25.7 Å². The Morgan fingerprint density at radius 2 is 1.98 bits per heavy atom. The molecule has 7 nitrogen and oxygen atoms in total. The average molecular weight is 561 g/mol. The first-order valence-electron chi connectivity index (χ1n) is 16.1. The largest absolute Gasteiger partial charge is 0.481 e. The summed E-state index contributed by atoms with van der Waals surface area (Å²) in [7, 11) is 1.84. The van der Waals surface area contributed by atoms with E-state index in [4.69, 9.17) is 0 Å². The third-order valence-corrected chi connectivity index (χ3v) is 9.79. The minimum Gasteiger partial charge on any atom is -0.481 e. The van der Waals surface area contributed by atoms with Crippen molar-refractivity contribution < 1.29 is 25.2 Å². The minimum absolute atomic E-state index is 0.193. The number of carboxylic acids is 1. The van der Waals surface area contributed by atoms with Crippen molar-refractivity contribution >= 4 is 12.2 Å². The molecule has 1 fully saturated rings. The van der Waals surface area contributed by atoms with E-state index in [2.05, 4.69) is 35.5 Å². The van der Waals surface area contributed by atoms with Gasteiger partial charge in [0, 0.05) is 24.6 Å². The maximum Gasteiger partial charge on any atom is 0.309 e. The number of rotatable bonds is 19. The highest BCUT2D eigenvalue weighted by molar-refractivity contribution is 5.80. The van der Waals surface area contributed by atoms with Crippen molar-refractivity contribution in [3.05, 3.63) is 23.8 Å². The summed E-state index contributed by atoms with van der Waals surface area (Å²) in [4.78, 5) is 16.4. The molecule has 0 saturated heterocycles. The number of allylic oxidation sites excluding steroid dienone is 2. The summed E-state index contributed by atoms with van der Waals surface area (Å²) in [6, 6.07) is 0. The molecule has 0 aromatic rings. The lowest BCUT2D eigenvalue weighted by molar-refractivity contribution is -0.147. The molecule has 0 aromatic heterocycles. The molecule has 2 aliphatic carbocycles. The molecular weight excluding hydrogens is 504 g/mol. The number of carbonyl (C=O) groups is 1. The summed E-state index contributed by atoms with van der Waals surface area (Å²) in [5.74, 6) is -0.912. The average Bonchev–Trinajstić information content (AvgIpc) is 3.57. The van der Waals surface area contributed by atoms with E-state index in [1.165, 1.54) is 24.8 Å². The Kier molecular flexibility index (Phi) is 13.8. The maximum absolute atomic E-state index is 12.1. The summed E-state index contributed by atoms with van der Waals surface area (Å²) in [6.45, 7) is 3.51. The molecule has 0 aromatic carbocycles. The number of nitrogens with one attached hydrogen (secondary N) is 1. The van der Waals surface area contributed by atoms with Crippen molar-refractivity contribution in [3.63, 3.8) is 0 Å². The molecule has 228 valence electrons. The molecule has 1 heterocycles. The number of aliphatic carboxylic acids is 1. The number of hydrogen-bond donors (Lipinski definition) is 5. The van der Waals surface area contributed by atoms with Crippen LogP contribution in [0, 0.1) is 29.6 Å². The molecule has 40 heavy (non-hydrogen) atoms. The van der Waals surface area contributed by atoms with E-state index in [9.17, 15) is 25.2 Å². The summed E-state index contributed by atoms with van der Waals surface area (Å²) < 4.78 is 0. The van der Waals surface area contributed by atoms with E-state index in [1.54, 1.807) is 0 Å². The third kappa shape index (κ3) is 10.1. The molecule has 0 radical (unpaired) electrons. The summed E-state index contributed by atoms with van der Waals surface area (Å²) >= 11 is 0. The highest BCUT2D eigenvalue weighted by atomic mass is 16.4. The van der Waals surface area contributed by atoms with Crippen LogP contribution in [0.25, 0.3) is 0 Å². The molecule has 0 amide bonds. The molecule has 1 saturated carbocycles. The van der Waals surface area contributed by atoms with Crippen molar-refractivity contribution in [1.29, 1.82) is 0 Å². The van der Waals surface area contributed by atoms with Gasteiger partial charge in [0.05, 0.1) is 30.3 Å². The number of aliphatic imine (C=N–C) groups is 1. The predicted molar refractivity (Wildman–Crippen MR) is 161 cm³/mol. The zero-order valence-electron chi connectivity index (χ0n) is 25.0. The van der Waals surface area contributed by atoms with Gasteiger partial charge in [-0.2, -0.15) is 0 Å². The Morgan fingerprint density at radius 3 is 2.65 bits per heavy atom. The van der Waals surface area contributed by atoms with Gasteiger partial charge in [-0.15, -0.1) is 0 Å². The number of aliphatic hydroxyl groups is 3. The van der Waals surface area contributed by atoms with Crippen LogP contribution in [0.4, 0.5) is 0 Å². The van der Waals surface area contributed by atoms with Gasteiger partial charge in [0.25, 0.3) is 0 Å². The lowest BCUT2D eigenvalue weighted by atomic mass is 9.78. The van der Waals surface area contributed by atoms with Gasteiger partial charge in [0.15, 0.2) is 0 Å². The van der Waals surface area contributed by atoms with Crippen molar-refractivity contribution in [2.45, 2.75) is 121 Å². The van der Waals surface area contributed by atoms with Crippen LogP contribution < -0.4 is 5.32 Å². The Labute approximate surface area is 242 Å². The Morgan fingerprint density at radius 1 is 1.18 bits per heavy atom. The summed E-state index contributed by atoms with van der Waals surface area (Å²) in [5, 5.41) is 46.3. The highest BCUT2D eigenvalue weighted by Crippen LogP contribution is 2.44. The van der Waals surface area contributed by atoms with Crippen LogP contribution in [-0.4, -0.2) is 70.6 Å². The Hall–Kier alpha value is -1.54.